The molecule has 0 spiro atoms. The number of benzene rings is 3. The molecule has 3 rings (SSSR count). The summed E-state index contributed by atoms with van der Waals surface area (Å²) in [6.07, 6.45) is -0.568. The number of nitrogens with zero attached hydrogens (tertiary/aromatic N) is 2. The number of anilines is 1. The molecule has 0 heterocycles. The van der Waals surface area contributed by atoms with E-state index in [1.807, 2.05) is 44.4 Å². The summed E-state index contributed by atoms with van der Waals surface area (Å²) in [5.74, 6) is 0. The molecule has 1 N–H and O–H groups in total. The van der Waals surface area contributed by atoms with Crippen LogP contribution < -0.4 is 4.90 Å². The highest BCUT2D eigenvalue weighted by Gasteiger charge is 2.15. The molecule has 0 saturated carbocycles. The second kappa shape index (κ2) is 9.74. The van der Waals surface area contributed by atoms with E-state index in [1.54, 1.807) is 0 Å². The third-order valence-electron chi connectivity index (χ3n) is 4.79. The largest absolute Gasteiger partial charge is 0.387 e. The summed E-state index contributed by atoms with van der Waals surface area (Å²) in [4.78, 5) is 4.37. The van der Waals surface area contributed by atoms with Crippen LogP contribution in [0.15, 0.2) is 78.9 Å². The molecule has 0 fully saturated rings. The average molecular weight is 395 g/mol. The van der Waals surface area contributed by atoms with Crippen LogP contribution in [0.25, 0.3) is 0 Å². The molecule has 4 heteroatoms. The number of hydrogen-bond acceptors (Lipinski definition) is 3. The summed E-state index contributed by atoms with van der Waals surface area (Å²) in [6, 6.07) is 26.4. The lowest BCUT2D eigenvalue weighted by Gasteiger charge is -2.26. The number of aliphatic hydroxyl groups is 1. The molecular formula is C24H27ClN2O. The zero-order valence-corrected chi connectivity index (χ0v) is 17.2. The van der Waals surface area contributed by atoms with Gasteiger partial charge in [0.15, 0.2) is 0 Å². The molecule has 0 unspecified atom stereocenters. The van der Waals surface area contributed by atoms with Crippen LogP contribution in [0.3, 0.4) is 0 Å². The molecule has 0 aliphatic carbocycles. The van der Waals surface area contributed by atoms with Gasteiger partial charge < -0.3 is 10.0 Å². The SMILES string of the molecule is CN(C)c1ccc(CN(Cc2ccccc2)C[C@@H](O)c2ccc(Cl)cc2)cc1. The summed E-state index contributed by atoms with van der Waals surface area (Å²) in [5, 5.41) is 11.4. The van der Waals surface area contributed by atoms with E-state index in [1.165, 1.54) is 16.8 Å². The Morgan fingerprint density at radius 1 is 0.786 bits per heavy atom. The normalized spacial score (nSPS) is 12.2. The first kappa shape index (κ1) is 20.4. The molecule has 0 aliphatic rings. The van der Waals surface area contributed by atoms with Crippen LogP contribution in [0.5, 0.6) is 0 Å². The fourth-order valence-corrected chi connectivity index (χ4v) is 3.35. The molecular weight excluding hydrogens is 368 g/mol. The van der Waals surface area contributed by atoms with E-state index in [9.17, 15) is 5.11 Å². The minimum absolute atomic E-state index is 0.548. The fourth-order valence-electron chi connectivity index (χ4n) is 3.22. The Hall–Kier alpha value is -2.33. The van der Waals surface area contributed by atoms with E-state index in [-0.39, 0.29) is 0 Å². The zero-order valence-electron chi connectivity index (χ0n) is 16.4. The Balaban J connectivity index is 1.75. The van der Waals surface area contributed by atoms with Crippen LogP contribution >= 0.6 is 11.6 Å². The van der Waals surface area contributed by atoms with Gasteiger partial charge in [0.1, 0.15) is 0 Å². The van der Waals surface area contributed by atoms with Crippen molar-refractivity contribution in [3.8, 4) is 0 Å². The quantitative estimate of drug-likeness (QED) is 0.572. The predicted molar refractivity (Wildman–Crippen MR) is 118 cm³/mol. The third-order valence-corrected chi connectivity index (χ3v) is 5.05. The maximum Gasteiger partial charge on any atom is 0.0917 e. The molecule has 146 valence electrons. The van der Waals surface area contributed by atoms with Crippen LogP contribution in [-0.4, -0.2) is 30.6 Å². The van der Waals surface area contributed by atoms with Gasteiger partial charge in [0.25, 0.3) is 0 Å². The molecule has 0 bridgehead atoms. The Bertz CT molecular complexity index is 848. The first-order valence-corrected chi connectivity index (χ1v) is 9.85. The van der Waals surface area contributed by atoms with Crippen molar-refractivity contribution in [2.45, 2.75) is 19.2 Å². The van der Waals surface area contributed by atoms with Gasteiger partial charge in [-0.15, -0.1) is 0 Å². The maximum absolute atomic E-state index is 10.8. The van der Waals surface area contributed by atoms with Crippen LogP contribution in [0.2, 0.25) is 5.02 Å². The summed E-state index contributed by atoms with van der Waals surface area (Å²) in [6.45, 7) is 2.10. The minimum Gasteiger partial charge on any atom is -0.387 e. The predicted octanol–water partition coefficient (Wildman–Crippen LogP) is 5.14. The molecule has 0 amide bonds. The summed E-state index contributed by atoms with van der Waals surface area (Å²) < 4.78 is 0. The van der Waals surface area contributed by atoms with E-state index in [0.717, 1.165) is 18.7 Å². The van der Waals surface area contributed by atoms with E-state index in [2.05, 4.69) is 58.3 Å². The van der Waals surface area contributed by atoms with E-state index < -0.39 is 6.10 Å². The van der Waals surface area contributed by atoms with Crippen molar-refractivity contribution in [2.75, 3.05) is 25.5 Å². The molecule has 0 saturated heterocycles. The van der Waals surface area contributed by atoms with Crippen molar-refractivity contribution in [2.24, 2.45) is 0 Å². The fraction of sp³-hybridized carbons (Fsp3) is 0.250. The molecule has 28 heavy (non-hydrogen) atoms. The van der Waals surface area contributed by atoms with Crippen molar-refractivity contribution >= 4 is 17.3 Å². The van der Waals surface area contributed by atoms with Crippen LogP contribution in [-0.2, 0) is 13.1 Å². The van der Waals surface area contributed by atoms with Crippen LogP contribution in [0.4, 0.5) is 5.69 Å². The topological polar surface area (TPSA) is 26.7 Å². The second-order valence-electron chi connectivity index (χ2n) is 7.28. The van der Waals surface area contributed by atoms with E-state index in [4.69, 9.17) is 11.6 Å². The van der Waals surface area contributed by atoms with Crippen molar-refractivity contribution in [1.82, 2.24) is 4.90 Å². The molecule has 3 aromatic rings. The molecule has 0 aromatic heterocycles. The Kier molecular flexibility index (Phi) is 7.10. The Morgan fingerprint density at radius 3 is 1.93 bits per heavy atom. The summed E-state index contributed by atoms with van der Waals surface area (Å²) in [7, 11) is 4.08. The van der Waals surface area contributed by atoms with Gasteiger partial charge in [-0.25, -0.2) is 0 Å². The van der Waals surface area contributed by atoms with Gasteiger partial charge in [-0.3, -0.25) is 4.90 Å². The lowest BCUT2D eigenvalue weighted by molar-refractivity contribution is 0.105. The monoisotopic (exact) mass is 394 g/mol. The molecule has 3 aromatic carbocycles. The number of hydrogen-bond donors (Lipinski definition) is 1. The maximum atomic E-state index is 10.8. The number of rotatable bonds is 8. The molecule has 0 aliphatic heterocycles. The van der Waals surface area contributed by atoms with Gasteiger partial charge in [-0.05, 0) is 41.0 Å². The summed E-state index contributed by atoms with van der Waals surface area (Å²) >= 11 is 5.98. The van der Waals surface area contributed by atoms with Gasteiger partial charge in [0.2, 0.25) is 0 Å². The highest BCUT2D eigenvalue weighted by Crippen LogP contribution is 2.21. The number of aliphatic hydroxyl groups excluding tert-OH is 1. The molecule has 1 atom stereocenters. The van der Waals surface area contributed by atoms with Crippen LogP contribution in [0, 0.1) is 0 Å². The summed E-state index contributed by atoms with van der Waals surface area (Å²) in [5.41, 5.74) is 4.52. The highest BCUT2D eigenvalue weighted by molar-refractivity contribution is 6.30. The van der Waals surface area contributed by atoms with Gasteiger partial charge in [0.05, 0.1) is 6.10 Å². The smallest absolute Gasteiger partial charge is 0.0917 e. The number of halogens is 1. The van der Waals surface area contributed by atoms with Crippen molar-refractivity contribution in [3.63, 3.8) is 0 Å². The van der Waals surface area contributed by atoms with Crippen molar-refractivity contribution in [3.05, 3.63) is 101 Å². The standard InChI is InChI=1S/C24H27ClN2O/c1-26(2)23-14-8-20(9-15-23)17-27(16-19-6-4-3-5-7-19)18-24(28)21-10-12-22(25)13-11-21/h3-15,24,28H,16-18H2,1-2H3/t24-/m1/s1. The molecule has 0 radical (unpaired) electrons. The Morgan fingerprint density at radius 2 is 1.36 bits per heavy atom. The Labute approximate surface area is 172 Å². The highest BCUT2D eigenvalue weighted by atomic mass is 35.5. The van der Waals surface area contributed by atoms with Gasteiger partial charge in [-0.2, -0.15) is 0 Å². The molecule has 3 nitrogen and oxygen atoms in total. The van der Waals surface area contributed by atoms with Gasteiger partial charge in [-0.1, -0.05) is 66.2 Å². The average Bonchev–Trinajstić information content (AvgIpc) is 2.69. The van der Waals surface area contributed by atoms with Gasteiger partial charge in [0, 0.05) is 44.4 Å². The van der Waals surface area contributed by atoms with E-state index in [0.29, 0.717) is 11.6 Å². The minimum atomic E-state index is -0.568. The lowest BCUT2D eigenvalue weighted by Crippen LogP contribution is -2.28. The van der Waals surface area contributed by atoms with E-state index >= 15 is 0 Å². The first-order chi connectivity index (χ1) is 13.5. The van der Waals surface area contributed by atoms with Crippen molar-refractivity contribution in [1.29, 1.82) is 0 Å². The van der Waals surface area contributed by atoms with Crippen LogP contribution in [0.1, 0.15) is 22.8 Å². The lowest BCUT2D eigenvalue weighted by atomic mass is 10.1. The third kappa shape index (κ3) is 5.83. The first-order valence-electron chi connectivity index (χ1n) is 9.47. The van der Waals surface area contributed by atoms with Crippen molar-refractivity contribution < 1.29 is 5.11 Å². The van der Waals surface area contributed by atoms with Gasteiger partial charge >= 0.3 is 0 Å². The second-order valence-corrected chi connectivity index (χ2v) is 7.72. The zero-order chi connectivity index (χ0) is 19.9.